The molecule has 6 nitrogen and oxygen atoms in total. The molecule has 0 heterocycles. The number of carbonyl (C=O) groups excluding carboxylic acids is 2. The van der Waals surface area contributed by atoms with E-state index >= 15 is 0 Å². The summed E-state index contributed by atoms with van der Waals surface area (Å²) in [6, 6.07) is 0. The number of ether oxygens (including phenoxy) is 2. The highest BCUT2D eigenvalue weighted by atomic mass is 16.6. The average Bonchev–Trinajstić information content (AvgIpc) is 3.09. The van der Waals surface area contributed by atoms with Crippen LogP contribution >= 0.6 is 0 Å². The Bertz CT molecular complexity index is 875. The zero-order chi connectivity index (χ0) is 23.1. The number of carbonyl (C=O) groups is 2. The van der Waals surface area contributed by atoms with Crippen LogP contribution in [0.3, 0.4) is 0 Å². The number of hydrogen-bond acceptors (Lipinski definition) is 5. The minimum absolute atomic E-state index is 0.0442. The predicted octanol–water partition coefficient (Wildman–Crippen LogP) is 5.54. The standard InChI is InChI=1S/C26H38N2O4/c1-6-31-24(30)28-27-16(2)21-9-10-22-20-8-7-18-15-19(32-17(3)29)11-13-25(18,4)23(20)12-14-26(21,22)5/h7,9,19-20,22-23H,6,8,10-15H2,1-5H3,(H,28,30)/b27-16+/t19-,20+,22-,23+,25+,26-/m1/s1. The Balaban J connectivity index is 1.51. The molecule has 4 rings (SSSR count). The third-order valence-electron chi connectivity index (χ3n) is 8.95. The zero-order valence-electron chi connectivity index (χ0n) is 20.2. The number of hydrazone groups is 1. The summed E-state index contributed by atoms with van der Waals surface area (Å²) in [7, 11) is 0. The molecule has 176 valence electrons. The third-order valence-corrected chi connectivity index (χ3v) is 8.95. The molecule has 0 radical (unpaired) electrons. The van der Waals surface area contributed by atoms with E-state index in [4.69, 9.17) is 9.47 Å². The van der Waals surface area contributed by atoms with Crippen molar-refractivity contribution in [3.63, 3.8) is 0 Å². The van der Waals surface area contributed by atoms with Gasteiger partial charge in [-0.2, -0.15) is 5.10 Å². The Morgan fingerprint density at radius 3 is 2.56 bits per heavy atom. The Hall–Kier alpha value is -2.11. The largest absolute Gasteiger partial charge is 0.462 e. The number of fused-ring (bicyclic) bond motifs is 5. The highest BCUT2D eigenvalue weighted by Gasteiger charge is 2.57. The normalized spacial score (nSPS) is 38.5. The van der Waals surface area contributed by atoms with Crippen LogP contribution in [0.15, 0.2) is 28.4 Å². The van der Waals surface area contributed by atoms with Crippen LogP contribution in [0.25, 0.3) is 0 Å². The molecule has 4 aliphatic rings. The van der Waals surface area contributed by atoms with Crippen molar-refractivity contribution in [2.24, 2.45) is 33.7 Å². The monoisotopic (exact) mass is 442 g/mol. The molecule has 2 saturated carbocycles. The fraction of sp³-hybridized carbons (Fsp3) is 0.731. The Labute approximate surface area is 191 Å². The zero-order valence-corrected chi connectivity index (χ0v) is 20.2. The van der Waals surface area contributed by atoms with E-state index in [1.54, 1.807) is 6.92 Å². The van der Waals surface area contributed by atoms with Crippen molar-refractivity contribution in [2.45, 2.75) is 85.7 Å². The lowest BCUT2D eigenvalue weighted by atomic mass is 9.47. The molecule has 2 fully saturated rings. The summed E-state index contributed by atoms with van der Waals surface area (Å²) in [5.74, 6) is 1.78. The first-order valence-corrected chi connectivity index (χ1v) is 12.2. The van der Waals surface area contributed by atoms with Crippen LogP contribution in [0.1, 0.15) is 79.6 Å². The van der Waals surface area contributed by atoms with Crippen LogP contribution in [-0.4, -0.2) is 30.5 Å². The highest BCUT2D eigenvalue weighted by molar-refractivity contribution is 6.00. The van der Waals surface area contributed by atoms with Crippen LogP contribution in [0.2, 0.25) is 0 Å². The van der Waals surface area contributed by atoms with Gasteiger partial charge in [0.15, 0.2) is 0 Å². The molecule has 0 aromatic heterocycles. The molecule has 0 bridgehead atoms. The van der Waals surface area contributed by atoms with Crippen molar-refractivity contribution >= 4 is 17.8 Å². The van der Waals surface area contributed by atoms with E-state index in [1.165, 1.54) is 24.5 Å². The molecule has 0 aromatic carbocycles. The number of nitrogens with zero attached hydrogens (tertiary/aromatic N) is 1. The maximum atomic E-state index is 11.7. The van der Waals surface area contributed by atoms with E-state index in [0.29, 0.717) is 24.4 Å². The maximum Gasteiger partial charge on any atom is 0.427 e. The van der Waals surface area contributed by atoms with Gasteiger partial charge in [0.05, 0.1) is 12.3 Å². The van der Waals surface area contributed by atoms with E-state index in [1.807, 2.05) is 6.92 Å². The van der Waals surface area contributed by atoms with Crippen molar-refractivity contribution in [2.75, 3.05) is 6.61 Å². The van der Waals surface area contributed by atoms with Crippen LogP contribution < -0.4 is 5.43 Å². The van der Waals surface area contributed by atoms with Crippen molar-refractivity contribution in [3.8, 4) is 0 Å². The number of hydrogen-bond donors (Lipinski definition) is 1. The van der Waals surface area contributed by atoms with Crippen molar-refractivity contribution < 1.29 is 19.1 Å². The second-order valence-electron chi connectivity index (χ2n) is 10.6. The van der Waals surface area contributed by atoms with Crippen LogP contribution in [0.5, 0.6) is 0 Å². The van der Waals surface area contributed by atoms with E-state index in [-0.39, 0.29) is 22.9 Å². The first kappa shape index (κ1) is 23.1. The second kappa shape index (κ2) is 8.68. The summed E-state index contributed by atoms with van der Waals surface area (Å²) in [6.07, 6.45) is 11.9. The summed E-state index contributed by atoms with van der Waals surface area (Å²) in [5, 5.41) is 4.35. The molecule has 0 aliphatic heterocycles. The number of allylic oxidation sites excluding steroid dienone is 3. The summed E-state index contributed by atoms with van der Waals surface area (Å²) >= 11 is 0. The molecular weight excluding hydrogens is 404 g/mol. The Morgan fingerprint density at radius 2 is 1.84 bits per heavy atom. The number of amides is 1. The van der Waals surface area contributed by atoms with Gasteiger partial charge in [-0.3, -0.25) is 4.79 Å². The number of rotatable bonds is 4. The van der Waals surface area contributed by atoms with Gasteiger partial charge < -0.3 is 9.47 Å². The van der Waals surface area contributed by atoms with Crippen LogP contribution in [0.4, 0.5) is 4.79 Å². The Kier molecular flexibility index (Phi) is 6.25. The van der Waals surface area contributed by atoms with Crippen molar-refractivity contribution in [1.82, 2.24) is 5.43 Å². The molecule has 1 N–H and O–H groups in total. The van der Waals surface area contributed by atoms with Gasteiger partial charge in [0, 0.05) is 13.3 Å². The SMILES string of the molecule is CCOC(=O)N/N=C(\C)C1=CC[C@@H]2[C@@H]3CC=C4C[C@H](OC(C)=O)CC[C@]4(C)[C@H]3CC[C@]12C. The van der Waals surface area contributed by atoms with E-state index in [9.17, 15) is 9.59 Å². The summed E-state index contributed by atoms with van der Waals surface area (Å²) < 4.78 is 10.5. The highest BCUT2D eigenvalue weighted by Crippen LogP contribution is 2.65. The molecule has 1 amide bonds. The maximum absolute atomic E-state index is 11.7. The summed E-state index contributed by atoms with van der Waals surface area (Å²) in [6.45, 7) is 10.5. The first-order chi connectivity index (χ1) is 15.2. The summed E-state index contributed by atoms with van der Waals surface area (Å²) in [4.78, 5) is 23.1. The molecule has 6 heteroatoms. The van der Waals surface area contributed by atoms with E-state index in [2.05, 4.69) is 36.5 Å². The van der Waals surface area contributed by atoms with Gasteiger partial charge in [0.1, 0.15) is 6.10 Å². The van der Waals surface area contributed by atoms with Gasteiger partial charge >= 0.3 is 12.1 Å². The second-order valence-corrected chi connectivity index (χ2v) is 10.6. The number of nitrogens with one attached hydrogen (secondary N) is 1. The predicted molar refractivity (Wildman–Crippen MR) is 124 cm³/mol. The molecule has 32 heavy (non-hydrogen) atoms. The molecule has 6 atom stereocenters. The molecule has 4 aliphatic carbocycles. The Morgan fingerprint density at radius 1 is 1.09 bits per heavy atom. The van der Waals surface area contributed by atoms with Gasteiger partial charge in [-0.15, -0.1) is 0 Å². The van der Waals surface area contributed by atoms with E-state index < -0.39 is 6.09 Å². The lowest BCUT2D eigenvalue weighted by molar-refractivity contribution is -0.148. The van der Waals surface area contributed by atoms with Gasteiger partial charge in [0.2, 0.25) is 0 Å². The smallest absolute Gasteiger partial charge is 0.427 e. The van der Waals surface area contributed by atoms with Gasteiger partial charge in [-0.05, 0) is 86.5 Å². The molecule has 0 aromatic rings. The third kappa shape index (κ3) is 3.90. The minimum Gasteiger partial charge on any atom is -0.462 e. The fourth-order valence-electron chi connectivity index (χ4n) is 7.44. The van der Waals surface area contributed by atoms with Gasteiger partial charge in [0.25, 0.3) is 0 Å². The fourth-order valence-corrected chi connectivity index (χ4v) is 7.44. The van der Waals surface area contributed by atoms with Gasteiger partial charge in [-0.25, -0.2) is 10.2 Å². The average molecular weight is 443 g/mol. The topological polar surface area (TPSA) is 77.0 Å². The quantitative estimate of drug-likeness (QED) is 0.268. The van der Waals surface area contributed by atoms with Gasteiger partial charge in [-0.1, -0.05) is 31.6 Å². The van der Waals surface area contributed by atoms with E-state index in [0.717, 1.165) is 44.2 Å². The lowest BCUT2D eigenvalue weighted by Crippen LogP contribution is -2.50. The first-order valence-electron chi connectivity index (χ1n) is 12.2. The minimum atomic E-state index is -0.502. The van der Waals surface area contributed by atoms with Crippen molar-refractivity contribution in [3.05, 3.63) is 23.3 Å². The van der Waals surface area contributed by atoms with Crippen molar-refractivity contribution in [1.29, 1.82) is 0 Å². The molecule has 0 spiro atoms. The molecule has 0 saturated heterocycles. The molecular formula is C26H38N2O4. The van der Waals surface area contributed by atoms with Crippen LogP contribution in [-0.2, 0) is 14.3 Å². The lowest BCUT2D eigenvalue weighted by Gasteiger charge is -2.57. The number of esters is 1. The summed E-state index contributed by atoms with van der Waals surface area (Å²) in [5.41, 5.74) is 6.54. The van der Waals surface area contributed by atoms with Crippen LogP contribution in [0, 0.1) is 28.6 Å². The molecule has 0 unspecified atom stereocenters.